The lowest BCUT2D eigenvalue weighted by Crippen LogP contribution is -2.32. The molecule has 1 unspecified atom stereocenters. The fourth-order valence-electron chi connectivity index (χ4n) is 1.39. The van der Waals surface area contributed by atoms with Crippen LogP contribution >= 0.6 is 11.6 Å². The van der Waals surface area contributed by atoms with E-state index in [1.807, 2.05) is 6.92 Å². The zero-order valence-corrected chi connectivity index (χ0v) is 10.3. The molecule has 1 aromatic carbocycles. The number of carboxylic acids is 1. The highest BCUT2D eigenvalue weighted by molar-refractivity contribution is 6.30. The van der Waals surface area contributed by atoms with Gasteiger partial charge >= 0.3 is 5.97 Å². The van der Waals surface area contributed by atoms with Gasteiger partial charge in [-0.05, 0) is 30.7 Å². The lowest BCUT2D eigenvalue weighted by Gasteiger charge is -2.18. The Morgan fingerprint density at radius 1 is 1.38 bits per heavy atom. The van der Waals surface area contributed by atoms with E-state index < -0.39 is 12.1 Å². The average Bonchev–Trinajstić information content (AvgIpc) is 2.11. The fraction of sp³-hybridized carbons (Fsp3) is 0.417. The van der Waals surface area contributed by atoms with Gasteiger partial charge in [0.1, 0.15) is 5.75 Å². The quantitative estimate of drug-likeness (QED) is 0.882. The summed E-state index contributed by atoms with van der Waals surface area (Å²) in [4.78, 5) is 11.0. The van der Waals surface area contributed by atoms with Gasteiger partial charge in [0.25, 0.3) is 0 Å². The molecule has 1 rings (SSSR count). The van der Waals surface area contributed by atoms with Crippen molar-refractivity contribution >= 4 is 17.6 Å². The third-order valence-corrected chi connectivity index (χ3v) is 2.35. The summed E-state index contributed by atoms with van der Waals surface area (Å²) < 4.78 is 5.42. The summed E-state index contributed by atoms with van der Waals surface area (Å²) >= 11 is 5.87. The molecular weight excluding hydrogens is 228 g/mol. The van der Waals surface area contributed by atoms with Gasteiger partial charge in [0, 0.05) is 10.9 Å². The normalized spacial score (nSPS) is 12.6. The Balaban J connectivity index is 2.89. The molecule has 88 valence electrons. The molecule has 0 aliphatic carbocycles. The average molecular weight is 243 g/mol. The first-order chi connectivity index (χ1) is 7.40. The van der Waals surface area contributed by atoms with E-state index in [0.717, 1.165) is 5.56 Å². The molecule has 1 N–H and O–H groups in total. The minimum absolute atomic E-state index is 0.100. The van der Waals surface area contributed by atoms with Gasteiger partial charge in [-0.2, -0.15) is 0 Å². The molecular formula is C12H15ClO3. The van der Waals surface area contributed by atoms with Crippen LogP contribution in [-0.4, -0.2) is 17.2 Å². The zero-order valence-electron chi connectivity index (χ0n) is 9.53. The number of carboxylic acid groups (broad SMARTS) is 1. The molecule has 4 heteroatoms. The largest absolute Gasteiger partial charge is 0.478 e. The van der Waals surface area contributed by atoms with E-state index in [-0.39, 0.29) is 5.92 Å². The predicted octanol–water partition coefficient (Wildman–Crippen LogP) is 3.14. The van der Waals surface area contributed by atoms with Gasteiger partial charge in [-0.1, -0.05) is 25.4 Å². The van der Waals surface area contributed by atoms with Crippen LogP contribution < -0.4 is 4.74 Å². The molecule has 3 nitrogen and oxygen atoms in total. The summed E-state index contributed by atoms with van der Waals surface area (Å²) in [6.45, 7) is 5.48. The van der Waals surface area contributed by atoms with Gasteiger partial charge < -0.3 is 9.84 Å². The second kappa shape index (κ2) is 5.21. The molecule has 0 aromatic heterocycles. The van der Waals surface area contributed by atoms with Crippen LogP contribution in [0.1, 0.15) is 19.4 Å². The smallest absolute Gasteiger partial charge is 0.345 e. The summed E-state index contributed by atoms with van der Waals surface area (Å²) in [5.41, 5.74) is 0.940. The molecule has 0 saturated heterocycles. The molecule has 0 aliphatic rings. The van der Waals surface area contributed by atoms with E-state index in [9.17, 15) is 4.79 Å². The number of benzene rings is 1. The van der Waals surface area contributed by atoms with E-state index in [1.165, 1.54) is 0 Å². The van der Waals surface area contributed by atoms with Gasteiger partial charge in [-0.25, -0.2) is 4.79 Å². The third kappa shape index (κ3) is 3.42. The maximum Gasteiger partial charge on any atom is 0.345 e. The van der Waals surface area contributed by atoms with Crippen molar-refractivity contribution in [2.45, 2.75) is 26.9 Å². The van der Waals surface area contributed by atoms with Crippen LogP contribution in [-0.2, 0) is 4.79 Å². The number of halogens is 1. The molecule has 16 heavy (non-hydrogen) atoms. The number of hydrogen-bond donors (Lipinski definition) is 1. The molecule has 0 heterocycles. The number of rotatable bonds is 4. The Kier molecular flexibility index (Phi) is 4.19. The van der Waals surface area contributed by atoms with Crippen molar-refractivity contribution < 1.29 is 14.6 Å². The van der Waals surface area contributed by atoms with Gasteiger partial charge in [-0.3, -0.25) is 0 Å². The maximum atomic E-state index is 11.0. The summed E-state index contributed by atoms with van der Waals surface area (Å²) in [5, 5.41) is 9.53. The lowest BCUT2D eigenvalue weighted by atomic mass is 10.1. The van der Waals surface area contributed by atoms with Crippen molar-refractivity contribution in [3.63, 3.8) is 0 Å². The van der Waals surface area contributed by atoms with Crippen LogP contribution in [0.4, 0.5) is 0 Å². The van der Waals surface area contributed by atoms with Gasteiger partial charge in [-0.15, -0.1) is 0 Å². The van der Waals surface area contributed by atoms with Crippen molar-refractivity contribution in [1.29, 1.82) is 0 Å². The van der Waals surface area contributed by atoms with Gasteiger partial charge in [0.2, 0.25) is 0 Å². The maximum absolute atomic E-state index is 11.0. The van der Waals surface area contributed by atoms with Crippen molar-refractivity contribution in [3.8, 4) is 5.75 Å². The number of aliphatic carboxylic acids is 1. The fourth-order valence-corrected chi connectivity index (χ4v) is 1.67. The Morgan fingerprint density at radius 2 is 2.00 bits per heavy atom. The summed E-state index contributed by atoms with van der Waals surface area (Å²) in [6.07, 6.45) is -0.849. The molecule has 0 saturated carbocycles. The molecule has 0 aliphatic heterocycles. The van der Waals surface area contributed by atoms with Crippen molar-refractivity contribution in [3.05, 3.63) is 28.8 Å². The molecule has 0 radical (unpaired) electrons. The number of carbonyl (C=O) groups is 1. The van der Waals surface area contributed by atoms with E-state index in [2.05, 4.69) is 0 Å². The minimum Gasteiger partial charge on any atom is -0.478 e. The first-order valence-electron chi connectivity index (χ1n) is 5.07. The van der Waals surface area contributed by atoms with Crippen molar-refractivity contribution in [1.82, 2.24) is 0 Å². The van der Waals surface area contributed by atoms with Gasteiger partial charge in [0.05, 0.1) is 0 Å². The Labute approximate surface area is 100.0 Å². The molecule has 0 bridgehead atoms. The first-order valence-corrected chi connectivity index (χ1v) is 5.44. The summed E-state index contributed by atoms with van der Waals surface area (Å²) in [5.74, 6) is -0.574. The van der Waals surface area contributed by atoms with Crippen LogP contribution in [0.15, 0.2) is 18.2 Å². The van der Waals surface area contributed by atoms with Crippen LogP contribution in [0.5, 0.6) is 5.75 Å². The highest BCUT2D eigenvalue weighted by Gasteiger charge is 2.23. The standard InChI is InChI=1S/C12H15ClO3/c1-7(2)11(12(14)15)16-10-5-8(3)4-9(13)6-10/h4-7,11H,1-3H3,(H,14,15). The van der Waals surface area contributed by atoms with Crippen LogP contribution in [0.3, 0.4) is 0 Å². The highest BCUT2D eigenvalue weighted by atomic mass is 35.5. The molecule has 1 atom stereocenters. The number of hydrogen-bond acceptors (Lipinski definition) is 2. The zero-order chi connectivity index (χ0) is 12.3. The number of ether oxygens (including phenoxy) is 1. The number of aryl methyl sites for hydroxylation is 1. The Bertz CT molecular complexity index is 368. The molecule has 0 fully saturated rings. The van der Waals surface area contributed by atoms with Crippen LogP contribution in [0.25, 0.3) is 0 Å². The Hall–Kier alpha value is -1.22. The second-order valence-corrected chi connectivity index (χ2v) is 4.52. The van der Waals surface area contributed by atoms with Crippen LogP contribution in [0.2, 0.25) is 5.02 Å². The van der Waals surface area contributed by atoms with E-state index in [0.29, 0.717) is 10.8 Å². The highest BCUT2D eigenvalue weighted by Crippen LogP contribution is 2.23. The van der Waals surface area contributed by atoms with Gasteiger partial charge in [0.15, 0.2) is 6.10 Å². The Morgan fingerprint density at radius 3 is 2.44 bits per heavy atom. The summed E-state index contributed by atoms with van der Waals surface area (Å²) in [7, 11) is 0. The third-order valence-electron chi connectivity index (χ3n) is 2.13. The molecule has 1 aromatic rings. The minimum atomic E-state index is -0.965. The predicted molar refractivity (Wildman–Crippen MR) is 63.1 cm³/mol. The summed E-state index contributed by atoms with van der Waals surface area (Å²) in [6, 6.07) is 5.18. The topological polar surface area (TPSA) is 46.5 Å². The van der Waals surface area contributed by atoms with E-state index >= 15 is 0 Å². The van der Waals surface area contributed by atoms with Crippen molar-refractivity contribution in [2.24, 2.45) is 5.92 Å². The molecule has 0 amide bonds. The second-order valence-electron chi connectivity index (χ2n) is 4.08. The lowest BCUT2D eigenvalue weighted by molar-refractivity contribution is -0.147. The monoisotopic (exact) mass is 242 g/mol. The van der Waals surface area contributed by atoms with E-state index in [4.69, 9.17) is 21.4 Å². The molecule has 0 spiro atoms. The van der Waals surface area contributed by atoms with Crippen LogP contribution in [0, 0.1) is 12.8 Å². The first kappa shape index (κ1) is 12.8. The van der Waals surface area contributed by atoms with E-state index in [1.54, 1.807) is 32.0 Å². The van der Waals surface area contributed by atoms with Crippen molar-refractivity contribution in [2.75, 3.05) is 0 Å². The SMILES string of the molecule is Cc1cc(Cl)cc(OC(C(=O)O)C(C)C)c1.